The Hall–Kier alpha value is -2.47. The number of nitrogens with one attached hydrogen (secondary N) is 1. The van der Waals surface area contributed by atoms with Gasteiger partial charge in [0.2, 0.25) is 5.95 Å². The van der Waals surface area contributed by atoms with Crippen LogP contribution in [0, 0.1) is 13.8 Å². The van der Waals surface area contributed by atoms with Gasteiger partial charge in [-0.25, -0.2) is 9.97 Å². The van der Waals surface area contributed by atoms with Crippen molar-refractivity contribution in [1.82, 2.24) is 9.97 Å². The van der Waals surface area contributed by atoms with E-state index in [2.05, 4.69) is 20.2 Å². The summed E-state index contributed by atoms with van der Waals surface area (Å²) in [6.07, 6.45) is 0. The van der Waals surface area contributed by atoms with E-state index in [1.54, 1.807) is 12.1 Å². The Bertz CT molecular complexity index is 674. The largest absolute Gasteiger partial charge is 0.378 e. The quantitative estimate of drug-likeness (QED) is 0.941. The Labute approximate surface area is 135 Å². The summed E-state index contributed by atoms with van der Waals surface area (Å²) >= 11 is 0. The molecular weight excluding hydrogens is 292 g/mol. The molecule has 0 radical (unpaired) electrons. The number of amides is 1. The number of benzene rings is 1. The van der Waals surface area contributed by atoms with Crippen molar-refractivity contribution in [2.75, 3.05) is 36.5 Å². The van der Waals surface area contributed by atoms with Crippen molar-refractivity contribution in [2.45, 2.75) is 13.8 Å². The van der Waals surface area contributed by atoms with E-state index in [9.17, 15) is 4.79 Å². The Balaban J connectivity index is 1.81. The number of hydrogen-bond donors (Lipinski definition) is 1. The first kappa shape index (κ1) is 15.4. The zero-order valence-corrected chi connectivity index (χ0v) is 13.4. The van der Waals surface area contributed by atoms with Crippen molar-refractivity contribution in [3.63, 3.8) is 0 Å². The Morgan fingerprint density at radius 3 is 2.30 bits per heavy atom. The van der Waals surface area contributed by atoms with Gasteiger partial charge in [-0.15, -0.1) is 0 Å². The number of rotatable bonds is 3. The molecule has 1 N–H and O–H groups in total. The maximum atomic E-state index is 12.3. The molecule has 23 heavy (non-hydrogen) atoms. The Morgan fingerprint density at radius 1 is 1.09 bits per heavy atom. The molecule has 1 aromatic carbocycles. The third-order valence-electron chi connectivity index (χ3n) is 3.83. The van der Waals surface area contributed by atoms with Crippen LogP contribution in [0.4, 0.5) is 11.6 Å². The lowest BCUT2D eigenvalue weighted by atomic mass is 10.2. The van der Waals surface area contributed by atoms with E-state index in [0.717, 1.165) is 24.5 Å². The van der Waals surface area contributed by atoms with Crippen LogP contribution in [-0.4, -0.2) is 42.2 Å². The lowest BCUT2D eigenvalue weighted by Gasteiger charge is -2.27. The molecule has 0 spiro atoms. The molecule has 1 saturated heterocycles. The minimum Gasteiger partial charge on any atom is -0.378 e. The highest BCUT2D eigenvalue weighted by molar-refractivity contribution is 6.04. The van der Waals surface area contributed by atoms with Gasteiger partial charge in [0.15, 0.2) is 0 Å². The van der Waals surface area contributed by atoms with Gasteiger partial charge in [0.05, 0.1) is 30.3 Å². The summed E-state index contributed by atoms with van der Waals surface area (Å²) in [5.41, 5.74) is 2.82. The van der Waals surface area contributed by atoms with Gasteiger partial charge in [0.1, 0.15) is 0 Å². The number of carbonyl (C=O) groups excluding carboxylic acids is 1. The zero-order chi connectivity index (χ0) is 16.2. The highest BCUT2D eigenvalue weighted by Gasteiger charge is 2.18. The fraction of sp³-hybridized carbons (Fsp3) is 0.353. The molecule has 1 aliphatic heterocycles. The molecule has 1 fully saturated rings. The van der Waals surface area contributed by atoms with Crippen LogP contribution >= 0.6 is 0 Å². The zero-order valence-electron chi connectivity index (χ0n) is 13.4. The second-order valence-electron chi connectivity index (χ2n) is 5.49. The standard InChI is InChI=1S/C17H20N4O2/c1-12-15(20-16(22)14-6-4-3-5-7-14)13(2)19-17(18-12)21-8-10-23-11-9-21/h3-7H,8-11H2,1-2H3,(H,20,22). The Morgan fingerprint density at radius 2 is 1.70 bits per heavy atom. The van der Waals surface area contributed by atoms with Crippen molar-refractivity contribution >= 4 is 17.5 Å². The van der Waals surface area contributed by atoms with Gasteiger partial charge in [-0.2, -0.15) is 0 Å². The second kappa shape index (κ2) is 6.75. The average Bonchev–Trinajstić information content (AvgIpc) is 2.59. The van der Waals surface area contributed by atoms with Crippen molar-refractivity contribution in [3.8, 4) is 0 Å². The van der Waals surface area contributed by atoms with Crippen LogP contribution in [0.15, 0.2) is 30.3 Å². The molecule has 2 heterocycles. The van der Waals surface area contributed by atoms with Gasteiger partial charge >= 0.3 is 0 Å². The van der Waals surface area contributed by atoms with Crippen LogP contribution < -0.4 is 10.2 Å². The first-order valence-corrected chi connectivity index (χ1v) is 7.69. The van der Waals surface area contributed by atoms with Gasteiger partial charge in [-0.05, 0) is 26.0 Å². The van der Waals surface area contributed by atoms with Crippen molar-refractivity contribution < 1.29 is 9.53 Å². The summed E-state index contributed by atoms with van der Waals surface area (Å²) < 4.78 is 5.35. The third-order valence-corrected chi connectivity index (χ3v) is 3.83. The molecule has 1 aliphatic rings. The number of anilines is 2. The number of morpholine rings is 1. The van der Waals surface area contributed by atoms with E-state index in [-0.39, 0.29) is 5.91 Å². The number of nitrogens with zero attached hydrogens (tertiary/aromatic N) is 3. The summed E-state index contributed by atoms with van der Waals surface area (Å²) in [4.78, 5) is 23.5. The molecule has 0 bridgehead atoms. The van der Waals surface area contributed by atoms with Gasteiger partial charge in [-0.1, -0.05) is 18.2 Å². The number of aromatic nitrogens is 2. The fourth-order valence-electron chi connectivity index (χ4n) is 2.56. The number of carbonyl (C=O) groups is 1. The predicted octanol–water partition coefficient (Wildman–Crippen LogP) is 2.18. The van der Waals surface area contributed by atoms with Gasteiger partial charge in [0, 0.05) is 18.7 Å². The summed E-state index contributed by atoms with van der Waals surface area (Å²) in [5, 5.41) is 2.92. The van der Waals surface area contributed by atoms with Gasteiger partial charge in [-0.3, -0.25) is 4.79 Å². The summed E-state index contributed by atoms with van der Waals surface area (Å²) in [6, 6.07) is 9.12. The number of aryl methyl sites for hydroxylation is 2. The van der Waals surface area contributed by atoms with E-state index < -0.39 is 0 Å². The molecule has 1 amide bonds. The van der Waals surface area contributed by atoms with Crippen LogP contribution in [0.2, 0.25) is 0 Å². The van der Waals surface area contributed by atoms with E-state index >= 15 is 0 Å². The fourth-order valence-corrected chi connectivity index (χ4v) is 2.56. The average molecular weight is 312 g/mol. The third kappa shape index (κ3) is 3.48. The Kier molecular flexibility index (Phi) is 4.52. The minimum absolute atomic E-state index is 0.153. The first-order chi connectivity index (χ1) is 11.1. The molecule has 6 nitrogen and oxygen atoms in total. The smallest absolute Gasteiger partial charge is 0.255 e. The van der Waals surface area contributed by atoms with Crippen LogP contribution in [-0.2, 0) is 4.74 Å². The van der Waals surface area contributed by atoms with Crippen LogP contribution in [0.3, 0.4) is 0 Å². The molecule has 3 rings (SSSR count). The van der Waals surface area contributed by atoms with Gasteiger partial charge < -0.3 is 15.0 Å². The maximum absolute atomic E-state index is 12.3. The topological polar surface area (TPSA) is 67.3 Å². The normalized spacial score (nSPS) is 14.6. The minimum atomic E-state index is -0.153. The molecule has 2 aromatic rings. The van der Waals surface area contributed by atoms with E-state index in [4.69, 9.17) is 4.74 Å². The van der Waals surface area contributed by atoms with Crippen molar-refractivity contribution in [3.05, 3.63) is 47.3 Å². The van der Waals surface area contributed by atoms with E-state index in [1.807, 2.05) is 32.0 Å². The highest BCUT2D eigenvalue weighted by Crippen LogP contribution is 2.21. The lowest BCUT2D eigenvalue weighted by Crippen LogP contribution is -2.37. The van der Waals surface area contributed by atoms with Crippen LogP contribution in [0.1, 0.15) is 21.7 Å². The molecule has 6 heteroatoms. The van der Waals surface area contributed by atoms with Crippen LogP contribution in [0.25, 0.3) is 0 Å². The molecule has 0 atom stereocenters. The van der Waals surface area contributed by atoms with Crippen LogP contribution in [0.5, 0.6) is 0 Å². The molecule has 0 unspecified atom stereocenters. The second-order valence-corrected chi connectivity index (χ2v) is 5.49. The monoisotopic (exact) mass is 312 g/mol. The van der Waals surface area contributed by atoms with E-state index in [0.29, 0.717) is 30.4 Å². The molecule has 0 aliphatic carbocycles. The number of ether oxygens (including phenoxy) is 1. The highest BCUT2D eigenvalue weighted by atomic mass is 16.5. The SMILES string of the molecule is Cc1nc(N2CCOCC2)nc(C)c1NC(=O)c1ccccc1. The molecular formula is C17H20N4O2. The molecule has 120 valence electrons. The number of hydrogen-bond acceptors (Lipinski definition) is 5. The molecule has 0 saturated carbocycles. The lowest BCUT2D eigenvalue weighted by molar-refractivity contribution is 0.102. The summed E-state index contributed by atoms with van der Waals surface area (Å²) in [5.74, 6) is 0.542. The van der Waals surface area contributed by atoms with Gasteiger partial charge in [0.25, 0.3) is 5.91 Å². The van der Waals surface area contributed by atoms with Crippen molar-refractivity contribution in [1.29, 1.82) is 0 Å². The maximum Gasteiger partial charge on any atom is 0.255 e. The predicted molar refractivity (Wildman–Crippen MR) is 88.9 cm³/mol. The molecule has 1 aromatic heterocycles. The first-order valence-electron chi connectivity index (χ1n) is 7.69. The van der Waals surface area contributed by atoms with Crippen molar-refractivity contribution in [2.24, 2.45) is 0 Å². The summed E-state index contributed by atoms with van der Waals surface area (Å²) in [7, 11) is 0. The summed E-state index contributed by atoms with van der Waals surface area (Å²) in [6.45, 7) is 6.73. The van der Waals surface area contributed by atoms with E-state index in [1.165, 1.54) is 0 Å².